The molecule has 0 aliphatic carbocycles. The SMILES string of the molecule is O=C(O)COc1c(Br)cc(Br)cc1CO. The Morgan fingerprint density at radius 1 is 1.40 bits per heavy atom. The van der Waals surface area contributed by atoms with E-state index in [2.05, 4.69) is 31.9 Å². The number of hydrogen-bond acceptors (Lipinski definition) is 3. The molecule has 1 aromatic rings. The summed E-state index contributed by atoms with van der Waals surface area (Å²) in [7, 11) is 0. The van der Waals surface area contributed by atoms with Crippen LogP contribution in [0.5, 0.6) is 5.75 Å². The van der Waals surface area contributed by atoms with Crippen LogP contribution in [-0.4, -0.2) is 22.8 Å². The molecule has 1 aromatic carbocycles. The molecule has 2 N–H and O–H groups in total. The Hall–Kier alpha value is -0.590. The molecule has 4 nitrogen and oxygen atoms in total. The second-order valence-electron chi connectivity index (χ2n) is 2.72. The number of carboxylic acid groups (broad SMARTS) is 1. The fourth-order valence-electron chi connectivity index (χ4n) is 1.03. The van der Waals surface area contributed by atoms with Gasteiger partial charge in [-0.3, -0.25) is 0 Å². The van der Waals surface area contributed by atoms with E-state index in [9.17, 15) is 4.79 Å². The van der Waals surface area contributed by atoms with Crippen molar-refractivity contribution in [2.24, 2.45) is 0 Å². The van der Waals surface area contributed by atoms with Crippen LogP contribution >= 0.6 is 31.9 Å². The first-order valence-electron chi connectivity index (χ1n) is 3.98. The minimum absolute atomic E-state index is 0.215. The molecule has 0 unspecified atom stereocenters. The first-order valence-corrected chi connectivity index (χ1v) is 5.56. The highest BCUT2D eigenvalue weighted by molar-refractivity contribution is 9.11. The third kappa shape index (κ3) is 3.48. The summed E-state index contributed by atoms with van der Waals surface area (Å²) in [5.41, 5.74) is 0.525. The number of rotatable bonds is 4. The van der Waals surface area contributed by atoms with E-state index in [-0.39, 0.29) is 6.61 Å². The average molecular weight is 340 g/mol. The van der Waals surface area contributed by atoms with Crippen molar-refractivity contribution < 1.29 is 19.7 Å². The monoisotopic (exact) mass is 338 g/mol. The molecule has 0 atom stereocenters. The molecule has 0 aromatic heterocycles. The van der Waals surface area contributed by atoms with Gasteiger partial charge in [0.05, 0.1) is 11.1 Å². The number of hydrogen-bond donors (Lipinski definition) is 2. The molecule has 0 amide bonds. The van der Waals surface area contributed by atoms with Gasteiger partial charge in [-0.15, -0.1) is 0 Å². The van der Waals surface area contributed by atoms with Crippen molar-refractivity contribution >= 4 is 37.8 Å². The minimum atomic E-state index is -1.06. The Bertz CT molecular complexity index is 379. The van der Waals surface area contributed by atoms with Crippen LogP contribution in [0.15, 0.2) is 21.1 Å². The number of carboxylic acids is 1. The Balaban J connectivity index is 2.98. The van der Waals surface area contributed by atoms with E-state index in [1.54, 1.807) is 12.1 Å². The summed E-state index contributed by atoms with van der Waals surface area (Å²) in [6.45, 7) is -0.653. The molecule has 0 heterocycles. The third-order valence-corrected chi connectivity index (χ3v) is 2.64. The van der Waals surface area contributed by atoms with Gasteiger partial charge in [0.15, 0.2) is 6.61 Å². The van der Waals surface area contributed by atoms with Crippen molar-refractivity contribution in [1.82, 2.24) is 0 Å². The molecule has 0 aliphatic heterocycles. The molecule has 6 heteroatoms. The van der Waals surface area contributed by atoms with Crippen LogP contribution in [-0.2, 0) is 11.4 Å². The van der Waals surface area contributed by atoms with Crippen molar-refractivity contribution in [2.75, 3.05) is 6.61 Å². The topological polar surface area (TPSA) is 66.8 Å². The molecule has 82 valence electrons. The lowest BCUT2D eigenvalue weighted by Gasteiger charge is -2.10. The largest absolute Gasteiger partial charge is 0.480 e. The molecule has 0 aliphatic rings. The maximum absolute atomic E-state index is 10.3. The van der Waals surface area contributed by atoms with E-state index in [4.69, 9.17) is 14.9 Å². The minimum Gasteiger partial charge on any atom is -0.480 e. The maximum Gasteiger partial charge on any atom is 0.341 e. The molecule has 0 spiro atoms. The Morgan fingerprint density at radius 2 is 2.07 bits per heavy atom. The lowest BCUT2D eigenvalue weighted by atomic mass is 10.2. The van der Waals surface area contributed by atoms with Gasteiger partial charge < -0.3 is 14.9 Å². The molecule has 0 fully saturated rings. The molecule has 1 rings (SSSR count). The third-order valence-electron chi connectivity index (χ3n) is 1.60. The number of carbonyl (C=O) groups is 1. The summed E-state index contributed by atoms with van der Waals surface area (Å²) in [6.07, 6.45) is 0. The van der Waals surface area contributed by atoms with Gasteiger partial charge in [-0.05, 0) is 28.1 Å². The summed E-state index contributed by atoms with van der Waals surface area (Å²) in [5, 5.41) is 17.5. The van der Waals surface area contributed by atoms with E-state index in [1.807, 2.05) is 0 Å². The molecule has 0 radical (unpaired) electrons. The summed E-state index contributed by atoms with van der Waals surface area (Å²) in [5.74, 6) is -0.711. The predicted molar refractivity (Wildman–Crippen MR) is 60.9 cm³/mol. The lowest BCUT2D eigenvalue weighted by Crippen LogP contribution is -2.11. The Morgan fingerprint density at radius 3 is 2.60 bits per heavy atom. The molecule has 0 bridgehead atoms. The average Bonchev–Trinajstić information content (AvgIpc) is 2.14. The zero-order valence-corrected chi connectivity index (χ0v) is 10.7. The van der Waals surface area contributed by atoms with Gasteiger partial charge in [-0.2, -0.15) is 0 Å². The van der Waals surface area contributed by atoms with Gasteiger partial charge in [0.1, 0.15) is 5.75 Å². The van der Waals surface area contributed by atoms with Crippen LogP contribution in [0.4, 0.5) is 0 Å². The number of aliphatic carboxylic acids is 1. The number of benzene rings is 1. The molecule has 0 saturated heterocycles. The smallest absolute Gasteiger partial charge is 0.341 e. The zero-order valence-electron chi connectivity index (χ0n) is 7.54. The molecular weight excluding hydrogens is 332 g/mol. The Labute approximate surface area is 103 Å². The van der Waals surface area contributed by atoms with E-state index in [1.165, 1.54) is 0 Å². The number of halogens is 2. The van der Waals surface area contributed by atoms with Crippen LogP contribution < -0.4 is 4.74 Å². The van der Waals surface area contributed by atoms with Crippen molar-refractivity contribution in [3.05, 3.63) is 26.6 Å². The quantitative estimate of drug-likeness (QED) is 0.882. The van der Waals surface area contributed by atoms with Crippen LogP contribution in [0.1, 0.15) is 5.56 Å². The fourth-order valence-corrected chi connectivity index (χ4v) is 2.45. The highest BCUT2D eigenvalue weighted by Crippen LogP contribution is 2.32. The van der Waals surface area contributed by atoms with Gasteiger partial charge in [0.2, 0.25) is 0 Å². The molecule has 0 saturated carbocycles. The van der Waals surface area contributed by atoms with Crippen molar-refractivity contribution in [2.45, 2.75) is 6.61 Å². The van der Waals surface area contributed by atoms with E-state index < -0.39 is 12.6 Å². The highest BCUT2D eigenvalue weighted by atomic mass is 79.9. The summed E-state index contributed by atoms with van der Waals surface area (Å²) in [4.78, 5) is 10.3. The van der Waals surface area contributed by atoms with Gasteiger partial charge >= 0.3 is 5.97 Å². The van der Waals surface area contributed by atoms with Crippen molar-refractivity contribution in [3.63, 3.8) is 0 Å². The first-order chi connectivity index (χ1) is 7.04. The number of aliphatic hydroxyl groups is 1. The van der Waals surface area contributed by atoms with E-state index >= 15 is 0 Å². The summed E-state index contributed by atoms with van der Waals surface area (Å²) >= 11 is 6.48. The first kappa shape index (κ1) is 12.5. The van der Waals surface area contributed by atoms with Crippen LogP contribution in [0.25, 0.3) is 0 Å². The van der Waals surface area contributed by atoms with Crippen LogP contribution in [0.3, 0.4) is 0 Å². The lowest BCUT2D eigenvalue weighted by molar-refractivity contribution is -0.139. The van der Waals surface area contributed by atoms with Gasteiger partial charge in [0, 0.05) is 10.0 Å². The van der Waals surface area contributed by atoms with Crippen molar-refractivity contribution in [1.29, 1.82) is 0 Å². The number of ether oxygens (including phenoxy) is 1. The van der Waals surface area contributed by atoms with Crippen LogP contribution in [0.2, 0.25) is 0 Å². The standard InChI is InChI=1S/C9H8Br2O4/c10-6-1-5(3-12)9(7(11)2-6)15-4-8(13)14/h1-2,12H,3-4H2,(H,13,14). The van der Waals surface area contributed by atoms with Crippen molar-refractivity contribution in [3.8, 4) is 5.75 Å². The summed E-state index contributed by atoms with van der Waals surface area (Å²) < 4.78 is 6.43. The second kappa shape index (κ2) is 5.48. The molecule has 15 heavy (non-hydrogen) atoms. The predicted octanol–water partition coefficient (Wildman–Crippen LogP) is 2.17. The van der Waals surface area contributed by atoms with Gasteiger partial charge in [-0.25, -0.2) is 4.79 Å². The molecular formula is C9H8Br2O4. The van der Waals surface area contributed by atoms with E-state index in [0.717, 1.165) is 4.47 Å². The number of aliphatic hydroxyl groups excluding tert-OH is 1. The second-order valence-corrected chi connectivity index (χ2v) is 4.49. The van der Waals surface area contributed by atoms with Crippen LogP contribution in [0, 0.1) is 0 Å². The van der Waals surface area contributed by atoms with Gasteiger partial charge in [0.25, 0.3) is 0 Å². The summed E-state index contributed by atoms with van der Waals surface area (Å²) in [6, 6.07) is 3.39. The fraction of sp³-hybridized carbons (Fsp3) is 0.222. The highest BCUT2D eigenvalue weighted by Gasteiger charge is 2.10. The maximum atomic E-state index is 10.3. The van der Waals surface area contributed by atoms with E-state index in [0.29, 0.717) is 15.8 Å². The normalized spacial score (nSPS) is 10.1. The Kier molecular flexibility index (Phi) is 4.56. The zero-order chi connectivity index (χ0) is 11.4. The van der Waals surface area contributed by atoms with Gasteiger partial charge in [-0.1, -0.05) is 15.9 Å².